The molecule has 104 valence electrons. The second-order valence-electron chi connectivity index (χ2n) is 4.45. The molecule has 0 saturated heterocycles. The quantitative estimate of drug-likeness (QED) is 0.678. The van der Waals surface area contributed by atoms with Gasteiger partial charge in [-0.2, -0.15) is 0 Å². The Bertz CT molecular complexity index is 751. The van der Waals surface area contributed by atoms with Crippen molar-refractivity contribution in [3.05, 3.63) is 66.5 Å². The molecule has 0 aliphatic carbocycles. The predicted octanol–water partition coefficient (Wildman–Crippen LogP) is 4.26. The molecule has 1 aromatic carbocycles. The van der Waals surface area contributed by atoms with E-state index in [-0.39, 0.29) is 5.97 Å². The van der Waals surface area contributed by atoms with Gasteiger partial charge in [-0.1, -0.05) is 36.4 Å². The summed E-state index contributed by atoms with van der Waals surface area (Å²) in [6, 6.07) is 15.7. The minimum absolute atomic E-state index is 0.327. The fraction of sp³-hybridized carbons (Fsp3) is 0.0588. The van der Waals surface area contributed by atoms with Crippen molar-refractivity contribution in [3.8, 4) is 20.9 Å². The fourth-order valence-corrected chi connectivity index (χ4v) is 3.25. The summed E-state index contributed by atoms with van der Waals surface area (Å²) in [7, 11) is 1.40. The highest BCUT2D eigenvalue weighted by atomic mass is 32.1. The third kappa shape index (κ3) is 2.71. The number of ether oxygens (including phenoxy) is 1. The van der Waals surface area contributed by atoms with Gasteiger partial charge in [0.1, 0.15) is 0 Å². The van der Waals surface area contributed by atoms with Crippen LogP contribution in [-0.2, 0) is 4.74 Å². The molecule has 0 spiro atoms. The maximum absolute atomic E-state index is 12.0. The van der Waals surface area contributed by atoms with Crippen molar-refractivity contribution < 1.29 is 9.53 Å². The van der Waals surface area contributed by atoms with Crippen LogP contribution in [0.2, 0.25) is 0 Å². The lowest BCUT2D eigenvalue weighted by atomic mass is 10.1. The number of benzene rings is 1. The maximum Gasteiger partial charge on any atom is 0.339 e. The molecule has 0 radical (unpaired) electrons. The van der Waals surface area contributed by atoms with E-state index in [1.165, 1.54) is 7.11 Å². The van der Waals surface area contributed by atoms with Crippen LogP contribution in [0.25, 0.3) is 20.9 Å². The van der Waals surface area contributed by atoms with Gasteiger partial charge >= 0.3 is 5.97 Å². The van der Waals surface area contributed by atoms with Crippen LogP contribution in [0.4, 0.5) is 0 Å². The smallest absolute Gasteiger partial charge is 0.339 e. The highest BCUT2D eigenvalue weighted by Crippen LogP contribution is 2.38. The number of aromatic nitrogens is 1. The van der Waals surface area contributed by atoms with Crippen molar-refractivity contribution in [1.29, 1.82) is 0 Å². The molecule has 0 fully saturated rings. The lowest BCUT2D eigenvalue weighted by Crippen LogP contribution is -2.00. The molecule has 21 heavy (non-hydrogen) atoms. The number of pyridine rings is 1. The number of carbonyl (C=O) groups is 1. The molecule has 4 heteroatoms. The van der Waals surface area contributed by atoms with Crippen LogP contribution in [0, 0.1) is 0 Å². The second kappa shape index (κ2) is 5.89. The van der Waals surface area contributed by atoms with Gasteiger partial charge in [0.25, 0.3) is 0 Å². The normalized spacial score (nSPS) is 10.3. The molecule has 0 N–H and O–H groups in total. The second-order valence-corrected chi connectivity index (χ2v) is 5.50. The Morgan fingerprint density at radius 3 is 2.52 bits per heavy atom. The number of hydrogen-bond donors (Lipinski definition) is 0. The van der Waals surface area contributed by atoms with Crippen LogP contribution in [0.5, 0.6) is 0 Å². The number of carbonyl (C=O) groups excluding carboxylic acids is 1. The van der Waals surface area contributed by atoms with E-state index in [1.807, 2.05) is 48.5 Å². The standard InChI is InChI=1S/C17H13NO2S/c1-20-17(19)14-10-15(12-6-3-2-4-7-12)21-16(14)13-8-5-9-18-11-13/h2-11H,1H3. The lowest BCUT2D eigenvalue weighted by molar-refractivity contribution is 0.0602. The topological polar surface area (TPSA) is 39.2 Å². The van der Waals surface area contributed by atoms with Crippen molar-refractivity contribution >= 4 is 17.3 Å². The van der Waals surface area contributed by atoms with E-state index >= 15 is 0 Å². The van der Waals surface area contributed by atoms with Crippen LogP contribution in [0.15, 0.2) is 60.9 Å². The lowest BCUT2D eigenvalue weighted by Gasteiger charge is -2.01. The summed E-state index contributed by atoms with van der Waals surface area (Å²) in [6.07, 6.45) is 3.47. The third-order valence-corrected chi connectivity index (χ3v) is 4.35. The largest absolute Gasteiger partial charge is 0.465 e. The maximum atomic E-state index is 12.0. The fourth-order valence-electron chi connectivity index (χ4n) is 2.11. The number of rotatable bonds is 3. The number of nitrogens with zero attached hydrogens (tertiary/aromatic N) is 1. The van der Waals surface area contributed by atoms with E-state index in [2.05, 4.69) is 4.98 Å². The molecule has 0 aliphatic rings. The number of hydrogen-bond acceptors (Lipinski definition) is 4. The Hall–Kier alpha value is -2.46. The Labute approximate surface area is 126 Å². The van der Waals surface area contributed by atoms with Crippen LogP contribution in [-0.4, -0.2) is 18.1 Å². The molecule has 0 unspecified atom stereocenters. The highest BCUT2D eigenvalue weighted by molar-refractivity contribution is 7.19. The Balaban J connectivity index is 2.14. The van der Waals surface area contributed by atoms with Crippen LogP contribution in [0.3, 0.4) is 0 Å². The van der Waals surface area contributed by atoms with Crippen LogP contribution in [0.1, 0.15) is 10.4 Å². The zero-order valence-corrected chi connectivity index (χ0v) is 12.3. The number of methoxy groups -OCH3 is 1. The summed E-state index contributed by atoms with van der Waals surface area (Å²) < 4.78 is 4.89. The van der Waals surface area contributed by atoms with E-state index in [0.717, 1.165) is 20.9 Å². The molecule has 0 aliphatic heterocycles. The Morgan fingerprint density at radius 2 is 1.86 bits per heavy atom. The zero-order valence-electron chi connectivity index (χ0n) is 11.4. The molecule has 0 amide bonds. The molecule has 3 rings (SSSR count). The van der Waals surface area contributed by atoms with E-state index in [0.29, 0.717) is 5.56 Å². The van der Waals surface area contributed by atoms with Crippen molar-refractivity contribution in [2.75, 3.05) is 7.11 Å². The van der Waals surface area contributed by atoms with Crippen molar-refractivity contribution in [2.24, 2.45) is 0 Å². The van der Waals surface area contributed by atoms with E-state index in [4.69, 9.17) is 4.74 Å². The first-order valence-electron chi connectivity index (χ1n) is 6.47. The zero-order chi connectivity index (χ0) is 14.7. The van der Waals surface area contributed by atoms with Gasteiger partial charge in [-0.3, -0.25) is 4.98 Å². The minimum Gasteiger partial charge on any atom is -0.465 e. The third-order valence-electron chi connectivity index (χ3n) is 3.12. The van der Waals surface area contributed by atoms with Gasteiger partial charge in [-0.05, 0) is 17.7 Å². The van der Waals surface area contributed by atoms with Gasteiger partial charge in [0, 0.05) is 22.8 Å². The number of thiophene rings is 1. The molecule has 2 heterocycles. The van der Waals surface area contributed by atoms with Gasteiger partial charge in [0.15, 0.2) is 0 Å². The number of esters is 1. The Kier molecular flexibility index (Phi) is 3.79. The van der Waals surface area contributed by atoms with Crippen molar-refractivity contribution in [2.45, 2.75) is 0 Å². The Morgan fingerprint density at radius 1 is 1.10 bits per heavy atom. The van der Waals surface area contributed by atoms with Crippen LogP contribution >= 0.6 is 11.3 Å². The predicted molar refractivity (Wildman–Crippen MR) is 84.3 cm³/mol. The molecule has 0 saturated carbocycles. The van der Waals surface area contributed by atoms with E-state index < -0.39 is 0 Å². The molecule has 3 nitrogen and oxygen atoms in total. The average Bonchev–Trinajstić information content (AvgIpc) is 3.01. The van der Waals surface area contributed by atoms with Crippen molar-refractivity contribution in [1.82, 2.24) is 4.98 Å². The molecule has 2 aromatic heterocycles. The van der Waals surface area contributed by atoms with Gasteiger partial charge in [-0.15, -0.1) is 11.3 Å². The highest BCUT2D eigenvalue weighted by Gasteiger charge is 2.18. The summed E-state index contributed by atoms with van der Waals surface area (Å²) in [6.45, 7) is 0. The summed E-state index contributed by atoms with van der Waals surface area (Å²) in [4.78, 5) is 18.1. The van der Waals surface area contributed by atoms with Gasteiger partial charge in [0.2, 0.25) is 0 Å². The summed E-state index contributed by atoms with van der Waals surface area (Å²) >= 11 is 1.57. The van der Waals surface area contributed by atoms with Gasteiger partial charge in [-0.25, -0.2) is 4.79 Å². The summed E-state index contributed by atoms with van der Waals surface area (Å²) in [5.74, 6) is -0.327. The molecular formula is C17H13NO2S. The summed E-state index contributed by atoms with van der Waals surface area (Å²) in [5.41, 5.74) is 2.59. The van der Waals surface area contributed by atoms with Crippen LogP contribution < -0.4 is 0 Å². The molecule has 0 atom stereocenters. The molecule has 0 bridgehead atoms. The first-order chi connectivity index (χ1) is 10.3. The average molecular weight is 295 g/mol. The SMILES string of the molecule is COC(=O)c1cc(-c2ccccc2)sc1-c1cccnc1. The van der Waals surface area contributed by atoms with Crippen molar-refractivity contribution in [3.63, 3.8) is 0 Å². The molecular weight excluding hydrogens is 282 g/mol. The minimum atomic E-state index is -0.327. The van der Waals surface area contributed by atoms with Gasteiger partial charge in [0.05, 0.1) is 17.6 Å². The first kappa shape index (κ1) is 13.5. The monoisotopic (exact) mass is 295 g/mol. The molecule has 3 aromatic rings. The first-order valence-corrected chi connectivity index (χ1v) is 7.29. The van der Waals surface area contributed by atoms with E-state index in [1.54, 1.807) is 23.7 Å². The van der Waals surface area contributed by atoms with Gasteiger partial charge < -0.3 is 4.74 Å². The van der Waals surface area contributed by atoms with E-state index in [9.17, 15) is 4.79 Å². The summed E-state index contributed by atoms with van der Waals surface area (Å²) in [5, 5.41) is 0.